The molecule has 0 atom stereocenters. The van der Waals surface area contributed by atoms with Crippen molar-refractivity contribution in [2.24, 2.45) is 4.29 Å². The number of hydrogen-bond acceptors (Lipinski definition) is 5. The van der Waals surface area contributed by atoms with Gasteiger partial charge in [-0.25, -0.2) is 0 Å². The summed E-state index contributed by atoms with van der Waals surface area (Å²) < 4.78 is 7.58. The molecule has 0 aromatic rings. The Morgan fingerprint density at radius 1 is 1.23 bits per heavy atom. The fraction of sp³-hybridized carbons (Fsp3) is 1.00. The minimum absolute atomic E-state index is 0.815. The van der Waals surface area contributed by atoms with Crippen LogP contribution in [-0.4, -0.2) is 0 Å². The molecule has 0 fully saturated rings. The van der Waals surface area contributed by atoms with Crippen LogP contribution >= 0.6 is 5.69 Å². The van der Waals surface area contributed by atoms with Gasteiger partial charge in [-0.1, -0.05) is 0 Å². The average molecular weight is 413 g/mol. The Morgan fingerprint density at radius 3 is 1.38 bits per heavy atom. The summed E-state index contributed by atoms with van der Waals surface area (Å²) >= 11 is 5.95. The average Bonchev–Trinajstić information content (AvgIpc) is 1.81. The summed E-state index contributed by atoms with van der Waals surface area (Å²) in [4.78, 5) is 18.6. The molecule has 0 aromatic heterocycles. The van der Waals surface area contributed by atoms with Crippen LogP contribution in [-0.2, 0) is 41.6 Å². The molecule has 2 N–H and O–H groups in total. The van der Waals surface area contributed by atoms with Gasteiger partial charge in [-0.15, -0.1) is 0 Å². The van der Waals surface area contributed by atoms with E-state index in [0.717, 1.165) is 8.62 Å². The summed E-state index contributed by atoms with van der Waals surface area (Å²) in [6.45, 7) is 8.98. The Morgan fingerprint density at radius 2 is 1.38 bits per heavy atom. The van der Waals surface area contributed by atoms with Gasteiger partial charge < -0.3 is 27.7 Å². The summed E-state index contributed by atoms with van der Waals surface area (Å²) in [6.07, 6.45) is 0. The fourth-order valence-electron chi connectivity index (χ4n) is 0.544. The fourth-order valence-corrected chi connectivity index (χ4v) is 4.46. The van der Waals surface area contributed by atoms with Crippen LogP contribution in [0.2, 0.25) is 8.62 Å². The minimum Gasteiger partial charge on any atom is -0.850 e. The van der Waals surface area contributed by atoms with Gasteiger partial charge in [0.05, 0.1) is 0 Å². The molecule has 0 spiro atoms. The third-order valence-electron chi connectivity index (χ3n) is 1.09. The first-order valence-electron chi connectivity index (χ1n) is 3.75. The summed E-state index contributed by atoms with van der Waals surface area (Å²) in [5, 5.41) is 0. The molecule has 0 aromatic carbocycles. The zero-order chi connectivity index (χ0) is 11.2. The molecule has 0 bridgehead atoms. The van der Waals surface area contributed by atoms with Gasteiger partial charge in [-0.05, 0) is 0 Å². The van der Waals surface area contributed by atoms with Crippen molar-refractivity contribution in [2.75, 3.05) is 0 Å². The molecule has 0 aliphatic rings. The first kappa shape index (κ1) is 17.0. The van der Waals surface area contributed by atoms with E-state index in [-0.39, 0.29) is 0 Å². The van der Waals surface area contributed by atoms with Gasteiger partial charge in [0.1, 0.15) is 0 Å². The summed E-state index contributed by atoms with van der Waals surface area (Å²) in [7, 11) is 0. The molecule has 0 saturated carbocycles. The maximum Gasteiger partial charge on any atom is -0.160 e. The van der Waals surface area contributed by atoms with Crippen LogP contribution in [0.15, 0.2) is 0 Å². The van der Waals surface area contributed by atoms with E-state index in [0.29, 0.717) is 0 Å². The SMILES string of the molecule is C[CH](C)[W+3]([NH2])[CH](C)C.[O-]P([O-])(=S)[S-]. The van der Waals surface area contributed by atoms with Crippen molar-refractivity contribution in [3.8, 4) is 0 Å². The molecule has 13 heavy (non-hydrogen) atoms. The first-order valence-corrected chi connectivity index (χ1v) is 12.5. The summed E-state index contributed by atoms with van der Waals surface area (Å²) in [6, 6.07) is 0. The molecular formula is C6H16NO2PS2W. The standard InChI is InChI=1S/2C3H7.H2N.H3O2PS2.W/c2*1-3-2;;1-3(2,4)5;/h2*3H,1-2H3;1H2;(H3,1,2,4,5);/q;;-1;;+4/p-3. The number of nitrogens with two attached hydrogens (primary N) is 1. The van der Waals surface area contributed by atoms with Gasteiger partial charge in [-0.2, -0.15) is 11.8 Å². The van der Waals surface area contributed by atoms with Crippen LogP contribution in [0.4, 0.5) is 0 Å². The smallest absolute Gasteiger partial charge is 0.160 e. The van der Waals surface area contributed by atoms with E-state index in [1.165, 1.54) is 0 Å². The van der Waals surface area contributed by atoms with Gasteiger partial charge in [0.25, 0.3) is 0 Å². The molecule has 0 aliphatic carbocycles. The molecule has 0 heterocycles. The second kappa shape index (κ2) is 7.81. The first-order chi connectivity index (χ1) is 5.55. The van der Waals surface area contributed by atoms with Crippen LogP contribution in [0.5, 0.6) is 0 Å². The van der Waals surface area contributed by atoms with Gasteiger partial charge in [0, 0.05) is 0 Å². The molecular weight excluding hydrogens is 397 g/mol. The van der Waals surface area contributed by atoms with Crippen molar-refractivity contribution < 1.29 is 27.3 Å². The predicted molar refractivity (Wildman–Crippen MR) is 56.0 cm³/mol. The predicted octanol–water partition coefficient (Wildman–Crippen LogP) is 0.613. The van der Waals surface area contributed by atoms with E-state index in [4.69, 9.17) is 4.29 Å². The summed E-state index contributed by atoms with van der Waals surface area (Å²) in [5.41, 5.74) is -3.72. The largest absolute Gasteiger partial charge is 0.850 e. The Kier molecular flexibility index (Phi) is 10.2. The van der Waals surface area contributed by atoms with Crippen molar-refractivity contribution in [3.05, 3.63) is 0 Å². The van der Waals surface area contributed by atoms with E-state index in [9.17, 15) is 9.79 Å². The van der Waals surface area contributed by atoms with E-state index in [1.54, 1.807) is 0 Å². The zero-order valence-corrected chi connectivity index (χ0v) is 13.7. The Balaban J connectivity index is 0. The topological polar surface area (TPSA) is 72.1 Å². The number of hydrogen-bond donors (Lipinski definition) is 1. The van der Waals surface area contributed by atoms with E-state index in [1.807, 2.05) is 0 Å². The molecule has 80 valence electrons. The molecule has 0 aliphatic heterocycles. The number of rotatable bonds is 2. The van der Waals surface area contributed by atoms with E-state index >= 15 is 0 Å². The molecule has 7 heteroatoms. The maximum absolute atomic E-state index is 9.29. The van der Waals surface area contributed by atoms with E-state index < -0.39 is 23.3 Å². The Bertz CT molecular complexity index is 158. The minimum atomic E-state index is -3.72. The van der Waals surface area contributed by atoms with Crippen LogP contribution in [0.25, 0.3) is 0 Å². The maximum atomic E-state index is 9.29. The molecule has 0 amide bonds. The zero-order valence-electron chi connectivity index (χ0n) is 8.22. The second-order valence-corrected chi connectivity index (χ2v) is 17.1. The van der Waals surface area contributed by atoms with Crippen LogP contribution in [0.1, 0.15) is 27.7 Å². The van der Waals surface area contributed by atoms with Crippen molar-refractivity contribution in [2.45, 2.75) is 36.3 Å². The Labute approximate surface area is 97.3 Å². The molecule has 0 unspecified atom stereocenters. The van der Waals surface area contributed by atoms with Gasteiger partial charge in [0.2, 0.25) is 0 Å². The second-order valence-electron chi connectivity index (χ2n) is 2.95. The molecule has 0 saturated heterocycles. The van der Waals surface area contributed by atoms with Crippen molar-refractivity contribution >= 4 is 29.7 Å². The van der Waals surface area contributed by atoms with Gasteiger partial charge in [0.15, 0.2) is 0 Å². The molecule has 0 rings (SSSR count). The molecule has 3 nitrogen and oxygen atoms in total. The van der Waals surface area contributed by atoms with Crippen molar-refractivity contribution in [1.29, 1.82) is 0 Å². The third-order valence-corrected chi connectivity index (χ3v) is 8.91. The van der Waals surface area contributed by atoms with Gasteiger partial charge >= 0.3 is 58.2 Å². The van der Waals surface area contributed by atoms with Crippen LogP contribution in [0.3, 0.4) is 0 Å². The Hall–Kier alpha value is 1.57. The van der Waals surface area contributed by atoms with Crippen LogP contribution in [0, 0.1) is 0 Å². The summed E-state index contributed by atoms with van der Waals surface area (Å²) in [5.74, 6) is 0. The quantitative estimate of drug-likeness (QED) is 0.531. The van der Waals surface area contributed by atoms with Crippen molar-refractivity contribution in [3.63, 3.8) is 0 Å². The monoisotopic (exact) mass is 413 g/mol. The molecule has 0 radical (unpaired) electrons. The van der Waals surface area contributed by atoms with Gasteiger partial charge in [-0.3, -0.25) is 0 Å². The third kappa shape index (κ3) is 19.8. The normalized spacial score (nSPS) is 11.2. The van der Waals surface area contributed by atoms with E-state index in [2.05, 4.69) is 51.8 Å². The van der Waals surface area contributed by atoms with Crippen molar-refractivity contribution in [1.82, 2.24) is 0 Å². The van der Waals surface area contributed by atoms with Crippen LogP contribution < -0.4 is 14.1 Å².